The zero-order chi connectivity index (χ0) is 18.6. The van der Waals surface area contributed by atoms with Gasteiger partial charge >= 0.3 is 0 Å². The first-order valence-corrected chi connectivity index (χ1v) is 8.71. The first-order chi connectivity index (χ1) is 13.2. The molecule has 0 spiro atoms. The summed E-state index contributed by atoms with van der Waals surface area (Å²) in [4.78, 5) is 28.3. The summed E-state index contributed by atoms with van der Waals surface area (Å²) in [5, 5.41) is 0.762. The van der Waals surface area contributed by atoms with Crippen LogP contribution in [0.4, 0.5) is 0 Å². The van der Waals surface area contributed by atoms with Gasteiger partial charge in [0.25, 0.3) is 0 Å². The third-order valence-electron chi connectivity index (χ3n) is 4.48. The molecule has 3 aromatic carbocycles. The smallest absolute Gasteiger partial charge is 0.235 e. The first-order valence-electron chi connectivity index (χ1n) is 8.71. The average Bonchev–Trinajstić information content (AvgIpc) is 3.16. The topological polar surface area (TPSA) is 49.9 Å². The Morgan fingerprint density at radius 3 is 2.04 bits per heavy atom. The van der Waals surface area contributed by atoms with E-state index in [2.05, 4.69) is 4.98 Å². The lowest BCUT2D eigenvalue weighted by Crippen LogP contribution is -2.14. The van der Waals surface area contributed by atoms with E-state index in [0.717, 1.165) is 22.0 Å². The number of aromatic nitrogens is 1. The quantitative estimate of drug-likeness (QED) is 0.297. The minimum absolute atomic E-state index is 0.391. The number of fused-ring (bicyclic) bond motifs is 1. The minimum Gasteiger partial charge on any atom is -0.360 e. The molecule has 3 nitrogen and oxygen atoms in total. The molecule has 1 N–H and O–H groups in total. The van der Waals surface area contributed by atoms with Crippen LogP contribution >= 0.6 is 0 Å². The number of Topliss-reactive ketones (excluding diaryl/α,β-unsaturated/α-hetero) is 2. The van der Waals surface area contributed by atoms with Crippen molar-refractivity contribution in [2.45, 2.75) is 0 Å². The second kappa shape index (κ2) is 7.26. The molecule has 0 unspecified atom stereocenters. The van der Waals surface area contributed by atoms with Gasteiger partial charge in [-0.1, -0.05) is 84.9 Å². The van der Waals surface area contributed by atoms with Gasteiger partial charge < -0.3 is 4.98 Å². The third kappa shape index (κ3) is 3.48. The summed E-state index contributed by atoms with van der Waals surface area (Å²) in [5.74, 6) is -1.00. The van der Waals surface area contributed by atoms with E-state index in [4.69, 9.17) is 0 Å². The fourth-order valence-electron chi connectivity index (χ4n) is 3.01. The highest BCUT2D eigenvalue weighted by Crippen LogP contribution is 2.20. The fourth-order valence-corrected chi connectivity index (χ4v) is 3.01. The number of carbonyl (C=O) groups excluding carboxylic acids is 2. The van der Waals surface area contributed by atoms with Gasteiger partial charge in [0.05, 0.1) is 5.56 Å². The molecule has 0 fully saturated rings. The fraction of sp³-hybridized carbons (Fsp3) is 0. The molecule has 0 aliphatic rings. The summed E-state index contributed by atoms with van der Waals surface area (Å²) >= 11 is 0. The van der Waals surface area contributed by atoms with E-state index in [-0.39, 0.29) is 0 Å². The number of aromatic amines is 1. The van der Waals surface area contributed by atoms with Crippen LogP contribution in [0.1, 0.15) is 31.8 Å². The molecule has 3 heteroatoms. The molecule has 1 heterocycles. The number of rotatable bonds is 5. The molecule has 27 heavy (non-hydrogen) atoms. The zero-order valence-electron chi connectivity index (χ0n) is 14.6. The Morgan fingerprint density at radius 1 is 0.667 bits per heavy atom. The monoisotopic (exact) mass is 351 g/mol. The van der Waals surface area contributed by atoms with E-state index in [0.29, 0.717) is 11.1 Å². The molecular formula is C24H17NO2. The van der Waals surface area contributed by atoms with Crippen molar-refractivity contribution in [1.82, 2.24) is 4.98 Å². The molecule has 0 bridgehead atoms. The molecule has 0 saturated carbocycles. The number of para-hydroxylation sites is 1. The largest absolute Gasteiger partial charge is 0.360 e. The summed E-state index contributed by atoms with van der Waals surface area (Å²) in [5.41, 5.74) is 3.71. The summed E-state index contributed by atoms with van der Waals surface area (Å²) in [6, 6.07) is 24.5. The number of nitrogens with one attached hydrogen (secondary N) is 1. The maximum Gasteiger partial charge on any atom is 0.235 e. The Labute approximate surface area is 157 Å². The first kappa shape index (κ1) is 16.7. The van der Waals surface area contributed by atoms with Gasteiger partial charge in [-0.3, -0.25) is 9.59 Å². The lowest BCUT2D eigenvalue weighted by molar-refractivity contribution is 0.0818. The molecule has 0 atom stereocenters. The highest BCUT2D eigenvalue weighted by molar-refractivity contribution is 6.50. The van der Waals surface area contributed by atoms with Gasteiger partial charge in [0.15, 0.2) is 0 Å². The van der Waals surface area contributed by atoms with E-state index in [1.807, 2.05) is 78.9 Å². The Bertz CT molecular complexity index is 1140. The number of ketones is 2. The van der Waals surface area contributed by atoms with E-state index in [1.165, 1.54) is 0 Å². The Morgan fingerprint density at radius 2 is 1.30 bits per heavy atom. The minimum atomic E-state index is -0.502. The number of carbonyl (C=O) groups is 2. The van der Waals surface area contributed by atoms with Crippen molar-refractivity contribution < 1.29 is 9.59 Å². The molecule has 0 aliphatic carbocycles. The number of benzene rings is 3. The summed E-state index contributed by atoms with van der Waals surface area (Å²) in [6.45, 7) is 0. The van der Waals surface area contributed by atoms with Crippen LogP contribution in [-0.2, 0) is 0 Å². The van der Waals surface area contributed by atoms with Crippen LogP contribution in [0.2, 0.25) is 0 Å². The van der Waals surface area contributed by atoms with Gasteiger partial charge in [0.1, 0.15) is 0 Å². The standard InChI is InChI=1S/C24H17NO2/c26-23(24(27)21-16-25-22-9-5-4-8-20(21)22)19-14-12-18(13-15-19)11-10-17-6-2-1-3-7-17/h1-16,25H/b11-10-. The van der Waals surface area contributed by atoms with Crippen molar-refractivity contribution >= 4 is 34.6 Å². The van der Waals surface area contributed by atoms with Gasteiger partial charge in [-0.05, 0) is 17.2 Å². The van der Waals surface area contributed by atoms with Crippen molar-refractivity contribution in [2.24, 2.45) is 0 Å². The number of hydrogen-bond acceptors (Lipinski definition) is 2. The van der Waals surface area contributed by atoms with Crippen LogP contribution in [0.25, 0.3) is 23.1 Å². The second-order valence-corrected chi connectivity index (χ2v) is 6.27. The highest BCUT2D eigenvalue weighted by atomic mass is 16.2. The van der Waals surface area contributed by atoms with Crippen molar-refractivity contribution in [2.75, 3.05) is 0 Å². The van der Waals surface area contributed by atoms with E-state index in [9.17, 15) is 9.59 Å². The van der Waals surface area contributed by atoms with Crippen molar-refractivity contribution in [3.8, 4) is 0 Å². The summed E-state index contributed by atoms with van der Waals surface area (Å²) in [6.07, 6.45) is 5.58. The second-order valence-electron chi connectivity index (χ2n) is 6.27. The Balaban J connectivity index is 1.54. The van der Waals surface area contributed by atoms with Crippen LogP contribution in [0.3, 0.4) is 0 Å². The molecule has 0 aliphatic heterocycles. The van der Waals surface area contributed by atoms with Crippen molar-refractivity contribution in [1.29, 1.82) is 0 Å². The SMILES string of the molecule is O=C(C(=O)c1c[nH]c2ccccc12)c1ccc(/C=C\c2ccccc2)cc1. The molecule has 1 aromatic heterocycles. The maximum atomic E-state index is 12.6. The predicted octanol–water partition coefficient (Wildman–Crippen LogP) is 5.40. The molecule has 0 amide bonds. The molecule has 4 aromatic rings. The Kier molecular flexibility index (Phi) is 4.50. The lowest BCUT2D eigenvalue weighted by atomic mass is 10.00. The predicted molar refractivity (Wildman–Crippen MR) is 109 cm³/mol. The van der Waals surface area contributed by atoms with Crippen LogP contribution < -0.4 is 0 Å². The van der Waals surface area contributed by atoms with Crippen LogP contribution in [-0.4, -0.2) is 16.6 Å². The third-order valence-corrected chi connectivity index (χ3v) is 4.48. The van der Waals surface area contributed by atoms with Gasteiger partial charge in [-0.15, -0.1) is 0 Å². The number of hydrogen-bond donors (Lipinski definition) is 1. The van der Waals surface area contributed by atoms with E-state index >= 15 is 0 Å². The highest BCUT2D eigenvalue weighted by Gasteiger charge is 2.21. The lowest BCUT2D eigenvalue weighted by Gasteiger charge is -2.01. The van der Waals surface area contributed by atoms with Gasteiger partial charge in [-0.25, -0.2) is 0 Å². The molecular weight excluding hydrogens is 334 g/mol. The molecule has 0 saturated heterocycles. The van der Waals surface area contributed by atoms with Crippen LogP contribution in [0.15, 0.2) is 85.1 Å². The van der Waals surface area contributed by atoms with Crippen molar-refractivity contribution in [3.63, 3.8) is 0 Å². The summed E-state index contributed by atoms with van der Waals surface area (Å²) < 4.78 is 0. The molecule has 4 rings (SSSR count). The Hall–Kier alpha value is -3.72. The molecule has 130 valence electrons. The maximum absolute atomic E-state index is 12.6. The average molecular weight is 351 g/mol. The number of H-pyrrole nitrogens is 1. The zero-order valence-corrected chi connectivity index (χ0v) is 14.6. The van der Waals surface area contributed by atoms with Crippen LogP contribution in [0.5, 0.6) is 0 Å². The van der Waals surface area contributed by atoms with Gasteiger partial charge in [0, 0.05) is 22.7 Å². The summed E-state index contributed by atoms with van der Waals surface area (Å²) in [7, 11) is 0. The molecule has 0 radical (unpaired) electrons. The van der Waals surface area contributed by atoms with Crippen LogP contribution in [0, 0.1) is 0 Å². The normalized spacial score (nSPS) is 11.1. The van der Waals surface area contributed by atoms with Crippen molar-refractivity contribution in [3.05, 3.63) is 107 Å². The van der Waals surface area contributed by atoms with E-state index in [1.54, 1.807) is 18.3 Å². The van der Waals surface area contributed by atoms with Gasteiger partial charge in [-0.2, -0.15) is 0 Å². The van der Waals surface area contributed by atoms with E-state index < -0.39 is 11.6 Å². The van der Waals surface area contributed by atoms with Gasteiger partial charge in [0.2, 0.25) is 11.6 Å².